The number of Topliss-reactive ketones (excluding diaryl/α,β-unsaturated/α-hetero) is 1. The number of ether oxygens (including phenoxy) is 1. The number of carbonyl (C=O) groups excluding carboxylic acids is 1. The Kier molecular flexibility index (Phi) is 3.98. The Morgan fingerprint density at radius 3 is 2.94 bits per heavy atom. The molecule has 0 spiro atoms. The van der Waals surface area contributed by atoms with E-state index in [0.29, 0.717) is 12.4 Å². The van der Waals surface area contributed by atoms with Crippen molar-refractivity contribution in [3.63, 3.8) is 0 Å². The predicted molar refractivity (Wildman–Crippen MR) is 63.4 cm³/mol. The van der Waals surface area contributed by atoms with Gasteiger partial charge in [-0.2, -0.15) is 0 Å². The van der Waals surface area contributed by atoms with Crippen LogP contribution in [0, 0.1) is 5.92 Å². The summed E-state index contributed by atoms with van der Waals surface area (Å²) in [7, 11) is 0. The summed E-state index contributed by atoms with van der Waals surface area (Å²) in [5.41, 5.74) is -0.208. The van der Waals surface area contributed by atoms with Crippen molar-refractivity contribution >= 4 is 5.78 Å². The molecule has 0 aromatic heterocycles. The molecule has 1 N–H and O–H groups in total. The van der Waals surface area contributed by atoms with Crippen molar-refractivity contribution in [1.82, 2.24) is 5.32 Å². The third-order valence-electron chi connectivity index (χ3n) is 3.92. The quantitative estimate of drug-likeness (QED) is 0.794. The summed E-state index contributed by atoms with van der Waals surface area (Å²) in [6.45, 7) is 4.63. The van der Waals surface area contributed by atoms with Crippen LogP contribution in [0.4, 0.5) is 0 Å². The molecule has 2 heterocycles. The van der Waals surface area contributed by atoms with E-state index in [1.807, 2.05) is 0 Å². The molecule has 3 heteroatoms. The molecule has 92 valence electrons. The fourth-order valence-electron chi connectivity index (χ4n) is 3.12. The molecule has 0 bridgehead atoms. The average molecular weight is 225 g/mol. The van der Waals surface area contributed by atoms with Crippen molar-refractivity contribution in [3.05, 3.63) is 0 Å². The first-order valence-electron chi connectivity index (χ1n) is 6.65. The van der Waals surface area contributed by atoms with Gasteiger partial charge in [0.25, 0.3) is 0 Å². The third kappa shape index (κ3) is 2.30. The highest BCUT2D eigenvalue weighted by atomic mass is 16.5. The lowest BCUT2D eigenvalue weighted by molar-refractivity contribution is -0.133. The van der Waals surface area contributed by atoms with Crippen LogP contribution in [0.15, 0.2) is 0 Å². The van der Waals surface area contributed by atoms with E-state index in [4.69, 9.17) is 4.74 Å². The summed E-state index contributed by atoms with van der Waals surface area (Å²) >= 11 is 0. The van der Waals surface area contributed by atoms with Gasteiger partial charge < -0.3 is 10.1 Å². The van der Waals surface area contributed by atoms with Crippen molar-refractivity contribution in [3.8, 4) is 0 Å². The number of hydrogen-bond donors (Lipinski definition) is 1. The van der Waals surface area contributed by atoms with Gasteiger partial charge in [-0.05, 0) is 38.6 Å². The number of nitrogens with one attached hydrogen (secondary N) is 1. The van der Waals surface area contributed by atoms with Gasteiger partial charge in [0, 0.05) is 12.5 Å². The molecule has 16 heavy (non-hydrogen) atoms. The molecule has 2 rings (SSSR count). The molecule has 2 aliphatic rings. The number of carbonyl (C=O) groups is 1. The number of hydrogen-bond acceptors (Lipinski definition) is 3. The van der Waals surface area contributed by atoms with Gasteiger partial charge in [0.2, 0.25) is 0 Å². The zero-order chi connectivity index (χ0) is 11.4. The van der Waals surface area contributed by atoms with Gasteiger partial charge in [-0.15, -0.1) is 0 Å². The standard InChI is InChI=1S/C13H23NO2/c1-2-6-13(7-4-8-14-13)12(15)11-5-3-9-16-10-11/h11,14H,2-10H2,1H3. The molecule has 0 amide bonds. The Labute approximate surface area is 97.9 Å². The maximum atomic E-state index is 12.6. The van der Waals surface area contributed by atoms with Gasteiger partial charge in [0.15, 0.2) is 5.78 Å². The summed E-state index contributed by atoms with van der Waals surface area (Å²) in [6.07, 6.45) is 6.29. The molecule has 0 aliphatic carbocycles. The largest absolute Gasteiger partial charge is 0.381 e. The van der Waals surface area contributed by atoms with Crippen LogP contribution in [0.25, 0.3) is 0 Å². The third-order valence-corrected chi connectivity index (χ3v) is 3.92. The van der Waals surface area contributed by atoms with Crippen LogP contribution in [0.1, 0.15) is 45.4 Å². The number of rotatable bonds is 4. The summed E-state index contributed by atoms with van der Waals surface area (Å²) in [5.74, 6) is 0.567. The van der Waals surface area contributed by atoms with E-state index < -0.39 is 0 Å². The van der Waals surface area contributed by atoms with Gasteiger partial charge in [0.05, 0.1) is 12.1 Å². The molecule has 2 fully saturated rings. The van der Waals surface area contributed by atoms with E-state index in [2.05, 4.69) is 12.2 Å². The molecule has 0 aromatic carbocycles. The molecule has 0 radical (unpaired) electrons. The normalized spacial score (nSPS) is 35.2. The van der Waals surface area contributed by atoms with Gasteiger partial charge >= 0.3 is 0 Å². The minimum absolute atomic E-state index is 0.144. The Morgan fingerprint density at radius 2 is 2.38 bits per heavy atom. The predicted octanol–water partition coefficient (Wildman–Crippen LogP) is 1.90. The SMILES string of the molecule is CCCC1(C(=O)C2CCCOC2)CCCN1. The van der Waals surface area contributed by atoms with Crippen molar-refractivity contribution in [2.24, 2.45) is 5.92 Å². The van der Waals surface area contributed by atoms with Crippen LogP contribution in [0.2, 0.25) is 0 Å². The van der Waals surface area contributed by atoms with Gasteiger partial charge in [-0.3, -0.25) is 4.79 Å². The Morgan fingerprint density at radius 1 is 1.50 bits per heavy atom. The zero-order valence-corrected chi connectivity index (χ0v) is 10.3. The van der Waals surface area contributed by atoms with E-state index in [-0.39, 0.29) is 11.5 Å². The Bertz CT molecular complexity index is 240. The van der Waals surface area contributed by atoms with E-state index in [1.54, 1.807) is 0 Å². The van der Waals surface area contributed by atoms with Crippen LogP contribution in [-0.4, -0.2) is 31.1 Å². The lowest BCUT2D eigenvalue weighted by Crippen LogP contribution is -2.51. The van der Waals surface area contributed by atoms with E-state index in [1.165, 1.54) is 0 Å². The average Bonchev–Trinajstić information content (AvgIpc) is 2.80. The molecule has 2 unspecified atom stereocenters. The van der Waals surface area contributed by atoms with Crippen LogP contribution < -0.4 is 5.32 Å². The lowest BCUT2D eigenvalue weighted by Gasteiger charge is -2.33. The molecule has 0 aromatic rings. The Balaban J connectivity index is 2.04. The molecule has 2 saturated heterocycles. The second-order valence-corrected chi connectivity index (χ2v) is 5.14. The molecule has 2 aliphatic heterocycles. The minimum atomic E-state index is -0.208. The van der Waals surface area contributed by atoms with Gasteiger partial charge in [-0.25, -0.2) is 0 Å². The topological polar surface area (TPSA) is 38.3 Å². The van der Waals surface area contributed by atoms with Gasteiger partial charge in [0.1, 0.15) is 0 Å². The first-order valence-corrected chi connectivity index (χ1v) is 6.65. The highest BCUT2D eigenvalue weighted by Gasteiger charge is 2.43. The smallest absolute Gasteiger partial charge is 0.158 e. The van der Waals surface area contributed by atoms with Crippen molar-refractivity contribution < 1.29 is 9.53 Å². The fraction of sp³-hybridized carbons (Fsp3) is 0.923. The van der Waals surface area contributed by atoms with Crippen molar-refractivity contribution in [1.29, 1.82) is 0 Å². The van der Waals surface area contributed by atoms with Crippen LogP contribution >= 0.6 is 0 Å². The van der Waals surface area contributed by atoms with Crippen LogP contribution in [0.3, 0.4) is 0 Å². The summed E-state index contributed by atoms with van der Waals surface area (Å²) < 4.78 is 5.44. The lowest BCUT2D eigenvalue weighted by atomic mass is 9.79. The minimum Gasteiger partial charge on any atom is -0.381 e. The molecular formula is C13H23NO2. The van der Waals surface area contributed by atoms with Crippen LogP contribution in [0.5, 0.6) is 0 Å². The highest BCUT2D eigenvalue weighted by Crippen LogP contribution is 2.31. The maximum absolute atomic E-state index is 12.6. The van der Waals surface area contributed by atoms with Crippen molar-refractivity contribution in [2.45, 2.75) is 51.0 Å². The molecular weight excluding hydrogens is 202 g/mol. The monoisotopic (exact) mass is 225 g/mol. The van der Waals surface area contributed by atoms with E-state index in [9.17, 15) is 4.79 Å². The summed E-state index contributed by atoms with van der Waals surface area (Å²) in [5, 5.41) is 3.46. The maximum Gasteiger partial charge on any atom is 0.158 e. The first kappa shape index (κ1) is 12.1. The summed E-state index contributed by atoms with van der Waals surface area (Å²) in [4.78, 5) is 12.6. The van der Waals surface area contributed by atoms with Crippen LogP contribution in [-0.2, 0) is 9.53 Å². The highest BCUT2D eigenvalue weighted by molar-refractivity contribution is 5.91. The fourth-order valence-corrected chi connectivity index (χ4v) is 3.12. The zero-order valence-electron chi connectivity index (χ0n) is 10.3. The summed E-state index contributed by atoms with van der Waals surface area (Å²) in [6, 6.07) is 0. The van der Waals surface area contributed by atoms with Crippen molar-refractivity contribution in [2.75, 3.05) is 19.8 Å². The van der Waals surface area contributed by atoms with E-state index >= 15 is 0 Å². The number of ketones is 1. The second-order valence-electron chi connectivity index (χ2n) is 5.14. The molecule has 3 nitrogen and oxygen atoms in total. The van der Waals surface area contributed by atoms with E-state index in [0.717, 1.165) is 51.7 Å². The molecule has 2 atom stereocenters. The second kappa shape index (κ2) is 5.28. The first-order chi connectivity index (χ1) is 7.78. The Hall–Kier alpha value is -0.410. The van der Waals surface area contributed by atoms with Gasteiger partial charge in [-0.1, -0.05) is 13.3 Å². The molecule has 0 saturated carbocycles.